The zero-order chi connectivity index (χ0) is 26.0. The third kappa shape index (κ3) is 89.8. The van der Waals surface area contributed by atoms with Crippen LogP contribution < -0.4 is 45.4 Å². The van der Waals surface area contributed by atoms with Gasteiger partial charge in [0.05, 0.1) is 12.1 Å². The zero-order valence-electron chi connectivity index (χ0n) is 22.9. The van der Waals surface area contributed by atoms with Crippen LogP contribution in [0.4, 0.5) is 0 Å². The van der Waals surface area contributed by atoms with Crippen molar-refractivity contribution in [2.45, 2.75) is 109 Å². The first kappa shape index (κ1) is 53.6. The fourth-order valence-corrected chi connectivity index (χ4v) is 0.736. The molecule has 0 unspecified atom stereocenters. The number of nitrogens with two attached hydrogens (primary N) is 2. The minimum Gasteiger partial charge on any atom is -0.870 e. The predicted octanol–water partition coefficient (Wildman–Crippen LogP) is 2.66. The van der Waals surface area contributed by atoms with E-state index in [1.54, 1.807) is 20.8 Å². The SMILES string of the molecule is C.CC(C)(C)C#N.CC(C)(C)C(=O)NBr.CC(C)(C)C(N)=O.CC(C)(C)N.CCC#N.[Na+].[OH-]. The van der Waals surface area contributed by atoms with Gasteiger partial charge >= 0.3 is 29.6 Å². The number of halogens is 1. The predicted molar refractivity (Wildman–Crippen MR) is 139 cm³/mol. The summed E-state index contributed by atoms with van der Waals surface area (Å²) in [5.74, 6) is -0.259. The van der Waals surface area contributed by atoms with Crippen LogP contribution in [0.2, 0.25) is 0 Å². The van der Waals surface area contributed by atoms with Gasteiger partial charge in [0.2, 0.25) is 11.8 Å². The number of carbonyl (C=O) groups is 2. The first-order chi connectivity index (χ1) is 12.9. The van der Waals surface area contributed by atoms with Gasteiger partial charge in [-0.15, -0.1) is 0 Å². The van der Waals surface area contributed by atoms with E-state index in [0.29, 0.717) is 6.42 Å². The molecule has 2 amide bonds. The average Bonchev–Trinajstić information content (AvgIpc) is 2.51. The summed E-state index contributed by atoms with van der Waals surface area (Å²) >= 11 is 2.85. The molecular weight excluding hydrogens is 497 g/mol. The Labute approximate surface area is 235 Å². The summed E-state index contributed by atoms with van der Waals surface area (Å²) in [6.07, 6.45) is 0.625. The van der Waals surface area contributed by atoms with E-state index in [9.17, 15) is 9.59 Å². The summed E-state index contributed by atoms with van der Waals surface area (Å²) in [4.78, 5) is 20.9. The van der Waals surface area contributed by atoms with E-state index in [-0.39, 0.29) is 76.1 Å². The van der Waals surface area contributed by atoms with Gasteiger partial charge in [0.1, 0.15) is 0 Å². The Bertz CT molecular complexity index is 539. The fraction of sp³-hybridized carbons (Fsp3) is 0.826. The molecule has 0 fully saturated rings. The minimum absolute atomic E-state index is 0. The Morgan fingerprint density at radius 3 is 1.06 bits per heavy atom. The van der Waals surface area contributed by atoms with Gasteiger partial charge in [0.25, 0.3) is 0 Å². The van der Waals surface area contributed by atoms with Gasteiger partial charge < -0.3 is 16.9 Å². The number of nitrogens with one attached hydrogen (secondary N) is 1. The van der Waals surface area contributed by atoms with Crippen molar-refractivity contribution in [3.63, 3.8) is 0 Å². The maximum Gasteiger partial charge on any atom is 1.00 e. The smallest absolute Gasteiger partial charge is 0.870 e. The molecule has 0 aromatic rings. The molecule has 0 aliphatic heterocycles. The first-order valence-electron chi connectivity index (χ1n) is 9.68. The fourth-order valence-electron chi connectivity index (χ4n) is 0.142. The first-order valence-corrected chi connectivity index (χ1v) is 10.5. The molecule has 0 atom stereocenters. The Morgan fingerprint density at radius 2 is 1.06 bits per heavy atom. The molecule has 10 heteroatoms. The summed E-state index contributed by atoms with van der Waals surface area (Å²) in [5, 5.41) is 15.8. The molecule has 0 aliphatic rings. The summed E-state index contributed by atoms with van der Waals surface area (Å²) < 4.78 is 2.38. The standard InChI is InChI=1S/C5H10BrNO.C5H11NO.C5H9N.C4H11N.C3H5N.CH4.Na.H2O/c1-5(2,3)4(8)7-6;1-5(2,3)4(6)7;1-5(2,3)4-6;1-4(2,3)5;1-2-3-4;;;/h1-3H3,(H,7,8);1-3H3,(H2,6,7);1-3H3;5H2,1-3H3;2H2,1H3;1H4;;1H2/q;;;;;;+1;/p-1. The number of rotatable bonds is 0. The number of nitriles is 2. The molecule has 33 heavy (non-hydrogen) atoms. The Kier molecular flexibility index (Phi) is 42.1. The van der Waals surface area contributed by atoms with Crippen molar-refractivity contribution in [3.8, 4) is 12.1 Å². The van der Waals surface area contributed by atoms with Crippen molar-refractivity contribution < 1.29 is 44.6 Å². The van der Waals surface area contributed by atoms with E-state index in [4.69, 9.17) is 22.0 Å². The molecule has 0 radical (unpaired) electrons. The van der Waals surface area contributed by atoms with E-state index in [2.05, 4.69) is 26.6 Å². The summed E-state index contributed by atoms with van der Waals surface area (Å²) in [6, 6.07) is 4.03. The van der Waals surface area contributed by atoms with Gasteiger partial charge in [-0.05, 0) is 41.5 Å². The largest absolute Gasteiger partial charge is 1.00 e. The van der Waals surface area contributed by atoms with Crippen LogP contribution in [-0.2, 0) is 9.59 Å². The molecule has 0 rings (SSSR count). The summed E-state index contributed by atoms with van der Waals surface area (Å²) in [6.45, 7) is 24.3. The van der Waals surface area contributed by atoms with Crippen LogP contribution in [-0.4, -0.2) is 22.8 Å². The maximum atomic E-state index is 10.7. The molecule has 0 heterocycles. The third-order valence-electron chi connectivity index (χ3n) is 2.00. The molecule has 194 valence electrons. The number of primary amides is 1. The Balaban J connectivity index is -0.0000000393. The Morgan fingerprint density at radius 1 is 0.879 bits per heavy atom. The monoisotopic (exact) mass is 547 g/mol. The maximum absolute atomic E-state index is 10.7. The number of hydrogen-bond donors (Lipinski definition) is 3. The molecular formula is C23H51BrN5NaO3. The van der Waals surface area contributed by atoms with Gasteiger partial charge in [0.15, 0.2) is 0 Å². The van der Waals surface area contributed by atoms with Crippen molar-refractivity contribution in [3.05, 3.63) is 0 Å². The molecule has 6 N–H and O–H groups in total. The van der Waals surface area contributed by atoms with Crippen molar-refractivity contribution in [2.75, 3.05) is 0 Å². The normalized spacial score (nSPS) is 9.36. The van der Waals surface area contributed by atoms with Crippen molar-refractivity contribution in [2.24, 2.45) is 27.7 Å². The second kappa shape index (κ2) is 25.9. The number of hydrogen-bond acceptors (Lipinski definition) is 6. The third-order valence-corrected chi connectivity index (χ3v) is 2.36. The number of amides is 2. The molecule has 8 nitrogen and oxygen atoms in total. The Hall–Kier alpha value is -0.680. The minimum atomic E-state index is -0.361. The second-order valence-electron chi connectivity index (χ2n) is 10.5. The van der Waals surface area contributed by atoms with Crippen LogP contribution in [0.3, 0.4) is 0 Å². The van der Waals surface area contributed by atoms with Crippen molar-refractivity contribution in [1.29, 1.82) is 10.5 Å². The molecule has 0 aromatic heterocycles. The van der Waals surface area contributed by atoms with Gasteiger partial charge in [-0.3, -0.25) is 13.9 Å². The van der Waals surface area contributed by atoms with E-state index < -0.39 is 0 Å². The van der Waals surface area contributed by atoms with Crippen LogP contribution in [0, 0.1) is 38.9 Å². The van der Waals surface area contributed by atoms with Crippen LogP contribution in [0.1, 0.15) is 104 Å². The van der Waals surface area contributed by atoms with Crippen LogP contribution >= 0.6 is 16.1 Å². The summed E-state index contributed by atoms with van der Waals surface area (Å²) in [7, 11) is 0. The van der Waals surface area contributed by atoms with Crippen molar-refractivity contribution in [1.82, 2.24) is 4.34 Å². The van der Waals surface area contributed by atoms with Crippen LogP contribution in [0.5, 0.6) is 0 Å². The van der Waals surface area contributed by atoms with Crippen LogP contribution in [0.25, 0.3) is 0 Å². The average molecular weight is 549 g/mol. The topological polar surface area (TPSA) is 176 Å². The van der Waals surface area contributed by atoms with Gasteiger partial charge in [-0.1, -0.05) is 55.9 Å². The zero-order valence-corrected chi connectivity index (χ0v) is 26.5. The van der Waals surface area contributed by atoms with Gasteiger partial charge in [-0.2, -0.15) is 10.5 Å². The van der Waals surface area contributed by atoms with Crippen molar-refractivity contribution >= 4 is 28.0 Å². The number of carbonyl (C=O) groups excluding carboxylic acids is 2. The molecule has 0 aliphatic carbocycles. The molecule has 0 aromatic carbocycles. The molecule has 0 bridgehead atoms. The summed E-state index contributed by atoms with van der Waals surface area (Å²) in [5.41, 5.74) is 9.48. The molecule has 0 saturated heterocycles. The van der Waals surface area contributed by atoms with E-state index in [1.807, 2.05) is 75.3 Å². The van der Waals surface area contributed by atoms with E-state index in [1.165, 1.54) is 0 Å². The second-order valence-corrected chi connectivity index (χ2v) is 10.9. The molecule has 0 saturated carbocycles. The van der Waals surface area contributed by atoms with Crippen LogP contribution in [0.15, 0.2) is 0 Å². The van der Waals surface area contributed by atoms with E-state index in [0.717, 1.165) is 0 Å². The quantitative estimate of drug-likeness (QED) is 0.310. The molecule has 0 spiro atoms. The number of nitrogens with zero attached hydrogens (tertiary/aromatic N) is 2. The van der Waals surface area contributed by atoms with E-state index >= 15 is 0 Å². The van der Waals surface area contributed by atoms with Gasteiger partial charge in [0, 0.05) is 44.4 Å². The van der Waals surface area contributed by atoms with Gasteiger partial charge in [-0.25, -0.2) is 0 Å².